The van der Waals surface area contributed by atoms with E-state index in [2.05, 4.69) is 194 Å². The number of aromatic nitrogens is 3. The molecule has 7 aromatic carbocycles. The SMILES string of the molecule is c1ccc(-c2ccc3ccc4ccc(-c5ccc(-c6c(-c7ccccc7)c(-c7ccccc7)nc(-c7ccccc7)c6-c6ccccc6)cc5)nc4c3n2)cc1. The van der Waals surface area contributed by atoms with E-state index in [0.29, 0.717) is 0 Å². The van der Waals surface area contributed by atoms with Gasteiger partial charge in [0.2, 0.25) is 0 Å². The summed E-state index contributed by atoms with van der Waals surface area (Å²) in [7, 11) is 0. The number of hydrogen-bond acceptors (Lipinski definition) is 3. The van der Waals surface area contributed by atoms with Crippen LogP contribution in [-0.4, -0.2) is 15.0 Å². The Balaban J connectivity index is 1.20. The third-order valence-corrected chi connectivity index (χ3v) is 10.5. The first-order valence-electron chi connectivity index (χ1n) is 18.9. The van der Waals surface area contributed by atoms with Crippen LogP contribution in [0.15, 0.2) is 212 Å². The van der Waals surface area contributed by atoms with E-state index < -0.39 is 0 Å². The van der Waals surface area contributed by atoms with Gasteiger partial charge in [-0.1, -0.05) is 200 Å². The molecule has 0 atom stereocenters. The molecule has 10 rings (SSSR count). The van der Waals surface area contributed by atoms with Gasteiger partial charge in [-0.25, -0.2) is 15.0 Å². The molecule has 3 nitrogen and oxygen atoms in total. The second-order valence-corrected chi connectivity index (χ2v) is 13.9. The molecule has 56 heavy (non-hydrogen) atoms. The quantitative estimate of drug-likeness (QED) is 0.154. The van der Waals surface area contributed by atoms with Crippen LogP contribution < -0.4 is 0 Å². The highest BCUT2D eigenvalue weighted by molar-refractivity contribution is 6.06. The fourth-order valence-electron chi connectivity index (χ4n) is 7.76. The van der Waals surface area contributed by atoms with Gasteiger partial charge >= 0.3 is 0 Å². The van der Waals surface area contributed by atoms with E-state index >= 15 is 0 Å². The minimum absolute atomic E-state index is 0.897. The Kier molecular flexibility index (Phi) is 8.51. The smallest absolute Gasteiger partial charge is 0.0972 e. The van der Waals surface area contributed by atoms with Crippen LogP contribution in [0.5, 0.6) is 0 Å². The summed E-state index contributed by atoms with van der Waals surface area (Å²) < 4.78 is 0. The van der Waals surface area contributed by atoms with E-state index in [1.165, 1.54) is 0 Å². The molecular formula is C53H35N3. The first-order valence-corrected chi connectivity index (χ1v) is 18.9. The molecule has 3 heterocycles. The summed E-state index contributed by atoms with van der Waals surface area (Å²) in [6, 6.07) is 74.4. The van der Waals surface area contributed by atoms with E-state index in [9.17, 15) is 0 Å². The van der Waals surface area contributed by atoms with Crippen molar-refractivity contribution in [1.82, 2.24) is 15.0 Å². The Bertz CT molecular complexity index is 2860. The van der Waals surface area contributed by atoms with Crippen LogP contribution in [0, 0.1) is 0 Å². The molecule has 0 aliphatic rings. The highest BCUT2D eigenvalue weighted by Gasteiger charge is 2.25. The molecule has 0 aliphatic heterocycles. The third kappa shape index (κ3) is 6.12. The molecule has 0 spiro atoms. The summed E-state index contributed by atoms with van der Waals surface area (Å²) in [6.45, 7) is 0. The Morgan fingerprint density at radius 1 is 0.214 bits per heavy atom. The molecule has 0 saturated heterocycles. The van der Waals surface area contributed by atoms with E-state index in [1.54, 1.807) is 0 Å². The Labute approximate surface area is 326 Å². The number of pyridine rings is 3. The van der Waals surface area contributed by atoms with Crippen molar-refractivity contribution < 1.29 is 0 Å². The van der Waals surface area contributed by atoms with Gasteiger partial charge in [0, 0.05) is 49.7 Å². The fourth-order valence-corrected chi connectivity index (χ4v) is 7.76. The monoisotopic (exact) mass is 713 g/mol. The molecule has 262 valence electrons. The summed E-state index contributed by atoms with van der Waals surface area (Å²) in [4.78, 5) is 16.0. The molecule has 10 aromatic rings. The average Bonchev–Trinajstić information content (AvgIpc) is 3.29. The van der Waals surface area contributed by atoms with Crippen molar-refractivity contribution in [3.8, 4) is 78.4 Å². The number of fused-ring (bicyclic) bond motifs is 3. The Morgan fingerprint density at radius 3 is 0.929 bits per heavy atom. The Hall–Kier alpha value is -7.49. The maximum atomic E-state index is 5.58. The van der Waals surface area contributed by atoms with Crippen LogP contribution in [0.25, 0.3) is 100 Å². The molecule has 0 radical (unpaired) electrons. The maximum absolute atomic E-state index is 5.58. The number of benzene rings is 7. The average molecular weight is 714 g/mol. The molecule has 3 heteroatoms. The van der Waals surface area contributed by atoms with Crippen molar-refractivity contribution in [3.05, 3.63) is 212 Å². The first-order chi connectivity index (χ1) is 27.8. The number of rotatable bonds is 7. The van der Waals surface area contributed by atoms with E-state index in [1.807, 2.05) is 18.2 Å². The molecular weight excluding hydrogens is 679 g/mol. The summed E-state index contributed by atoms with van der Waals surface area (Å²) in [5, 5.41) is 2.13. The maximum Gasteiger partial charge on any atom is 0.0972 e. The molecule has 0 unspecified atom stereocenters. The normalized spacial score (nSPS) is 11.2. The molecule has 0 N–H and O–H groups in total. The standard InChI is InChI=1S/C53H35N3/c1-6-16-36(17-7-1)45-34-32-43-30-31-44-33-35-46(55-53(44)52(43)54-45)37-26-28-40(29-27-37)47-48(38-18-8-2-9-19-38)50(41-22-12-4-13-23-41)56-51(42-24-14-5-15-25-42)49(47)39-20-10-3-11-21-39/h1-35H. The molecule has 3 aromatic heterocycles. The predicted molar refractivity (Wildman–Crippen MR) is 233 cm³/mol. The van der Waals surface area contributed by atoms with Crippen molar-refractivity contribution in [2.24, 2.45) is 0 Å². The number of nitrogens with zero attached hydrogens (tertiary/aromatic N) is 3. The van der Waals surface area contributed by atoms with Crippen LogP contribution in [-0.2, 0) is 0 Å². The zero-order valence-corrected chi connectivity index (χ0v) is 30.5. The molecule has 0 fully saturated rings. The minimum atomic E-state index is 0.897. The largest absolute Gasteiger partial charge is 0.246 e. The second-order valence-electron chi connectivity index (χ2n) is 13.9. The molecule has 0 aliphatic carbocycles. The van der Waals surface area contributed by atoms with E-state index in [0.717, 1.165) is 100 Å². The van der Waals surface area contributed by atoms with E-state index in [-0.39, 0.29) is 0 Å². The highest BCUT2D eigenvalue weighted by Crippen LogP contribution is 2.48. The lowest BCUT2D eigenvalue weighted by Gasteiger charge is -2.23. The van der Waals surface area contributed by atoms with Gasteiger partial charge in [-0.05, 0) is 28.8 Å². The van der Waals surface area contributed by atoms with Crippen LogP contribution in [0.2, 0.25) is 0 Å². The van der Waals surface area contributed by atoms with Crippen molar-refractivity contribution in [3.63, 3.8) is 0 Å². The van der Waals surface area contributed by atoms with Gasteiger partial charge in [0.15, 0.2) is 0 Å². The van der Waals surface area contributed by atoms with Gasteiger partial charge in [-0.3, -0.25) is 0 Å². The summed E-state index contributed by atoms with van der Waals surface area (Å²) in [5.74, 6) is 0. The number of hydrogen-bond donors (Lipinski definition) is 0. The minimum Gasteiger partial charge on any atom is -0.246 e. The zero-order chi connectivity index (χ0) is 37.3. The summed E-state index contributed by atoms with van der Waals surface area (Å²) in [5.41, 5.74) is 16.4. The van der Waals surface area contributed by atoms with Crippen molar-refractivity contribution >= 4 is 21.8 Å². The Morgan fingerprint density at radius 2 is 0.518 bits per heavy atom. The first kappa shape index (κ1) is 33.1. The van der Waals surface area contributed by atoms with Crippen LogP contribution in [0.3, 0.4) is 0 Å². The lowest BCUT2D eigenvalue weighted by Crippen LogP contribution is -2.01. The lowest BCUT2D eigenvalue weighted by atomic mass is 9.83. The van der Waals surface area contributed by atoms with Crippen molar-refractivity contribution in [2.45, 2.75) is 0 Å². The highest BCUT2D eigenvalue weighted by atomic mass is 14.8. The van der Waals surface area contributed by atoms with Gasteiger partial charge < -0.3 is 0 Å². The molecule has 0 bridgehead atoms. The second kappa shape index (κ2) is 14.4. The summed E-state index contributed by atoms with van der Waals surface area (Å²) in [6.07, 6.45) is 0. The lowest BCUT2D eigenvalue weighted by molar-refractivity contribution is 1.32. The van der Waals surface area contributed by atoms with Crippen molar-refractivity contribution in [2.75, 3.05) is 0 Å². The zero-order valence-electron chi connectivity index (χ0n) is 30.5. The van der Waals surface area contributed by atoms with Crippen LogP contribution >= 0.6 is 0 Å². The van der Waals surface area contributed by atoms with Gasteiger partial charge in [-0.15, -0.1) is 0 Å². The van der Waals surface area contributed by atoms with Gasteiger partial charge in [0.1, 0.15) is 0 Å². The van der Waals surface area contributed by atoms with Crippen LogP contribution in [0.4, 0.5) is 0 Å². The van der Waals surface area contributed by atoms with Gasteiger partial charge in [-0.2, -0.15) is 0 Å². The molecule has 0 amide bonds. The molecule has 0 saturated carbocycles. The van der Waals surface area contributed by atoms with Crippen LogP contribution in [0.1, 0.15) is 0 Å². The van der Waals surface area contributed by atoms with Gasteiger partial charge in [0.25, 0.3) is 0 Å². The summed E-state index contributed by atoms with van der Waals surface area (Å²) >= 11 is 0. The van der Waals surface area contributed by atoms with Crippen molar-refractivity contribution in [1.29, 1.82) is 0 Å². The van der Waals surface area contributed by atoms with Gasteiger partial charge in [0.05, 0.1) is 33.8 Å². The van der Waals surface area contributed by atoms with E-state index in [4.69, 9.17) is 15.0 Å². The predicted octanol–water partition coefficient (Wildman–Crippen LogP) is 13.8. The topological polar surface area (TPSA) is 38.7 Å². The fraction of sp³-hybridized carbons (Fsp3) is 0. The third-order valence-electron chi connectivity index (χ3n) is 10.5.